The predicted octanol–water partition coefficient (Wildman–Crippen LogP) is 1.21. The standard InChI is InChI=1S/C14H12BNO2/c1-10-7-8-13(15(17)18)14(12(10)9-16)11-5-3-2-4-6-11/h2-8,17-18H,1H3. The Hall–Kier alpha value is -2.09. The van der Waals surface area contributed by atoms with E-state index in [1.165, 1.54) is 0 Å². The van der Waals surface area contributed by atoms with Crippen LogP contribution in [0.1, 0.15) is 11.1 Å². The van der Waals surface area contributed by atoms with E-state index in [0.29, 0.717) is 16.6 Å². The first-order valence-corrected chi connectivity index (χ1v) is 5.60. The monoisotopic (exact) mass is 237 g/mol. The van der Waals surface area contributed by atoms with Gasteiger partial charge in [-0.05, 0) is 29.1 Å². The maximum Gasteiger partial charge on any atom is 0.489 e. The van der Waals surface area contributed by atoms with Crippen LogP contribution < -0.4 is 5.46 Å². The van der Waals surface area contributed by atoms with E-state index >= 15 is 0 Å². The van der Waals surface area contributed by atoms with Gasteiger partial charge in [0.25, 0.3) is 0 Å². The van der Waals surface area contributed by atoms with Gasteiger partial charge in [0, 0.05) is 0 Å². The van der Waals surface area contributed by atoms with Crippen molar-refractivity contribution in [2.45, 2.75) is 6.92 Å². The topological polar surface area (TPSA) is 64.2 Å². The Morgan fingerprint density at radius 3 is 2.28 bits per heavy atom. The number of aryl methyl sites for hydroxylation is 1. The first kappa shape index (κ1) is 12.4. The SMILES string of the molecule is Cc1ccc(B(O)O)c(-c2ccccc2)c1C#N. The fraction of sp³-hybridized carbons (Fsp3) is 0.0714. The number of hydrogen-bond acceptors (Lipinski definition) is 3. The maximum absolute atomic E-state index is 9.42. The molecule has 0 fully saturated rings. The molecule has 0 saturated carbocycles. The third kappa shape index (κ3) is 2.14. The van der Waals surface area contributed by atoms with E-state index < -0.39 is 7.12 Å². The molecule has 0 amide bonds. The van der Waals surface area contributed by atoms with Crippen LogP contribution >= 0.6 is 0 Å². The molecule has 0 aliphatic carbocycles. The summed E-state index contributed by atoms with van der Waals surface area (Å²) in [5.41, 5.74) is 3.05. The Bertz CT molecular complexity index is 603. The molecule has 18 heavy (non-hydrogen) atoms. The van der Waals surface area contributed by atoms with E-state index in [1.807, 2.05) is 37.3 Å². The normalized spacial score (nSPS) is 9.89. The highest BCUT2D eigenvalue weighted by atomic mass is 16.4. The second-order valence-electron chi connectivity index (χ2n) is 4.07. The molecule has 0 saturated heterocycles. The molecule has 0 unspecified atom stereocenters. The molecule has 0 radical (unpaired) electrons. The Labute approximate surface area is 106 Å². The lowest BCUT2D eigenvalue weighted by Crippen LogP contribution is -2.32. The van der Waals surface area contributed by atoms with Crippen LogP contribution in [0.2, 0.25) is 0 Å². The number of rotatable bonds is 2. The largest absolute Gasteiger partial charge is 0.489 e. The summed E-state index contributed by atoms with van der Waals surface area (Å²) in [5, 5.41) is 28.1. The minimum absolute atomic E-state index is 0.350. The molecule has 2 aromatic carbocycles. The number of hydrogen-bond donors (Lipinski definition) is 2. The van der Waals surface area contributed by atoms with Gasteiger partial charge < -0.3 is 10.0 Å². The summed E-state index contributed by atoms with van der Waals surface area (Å²) < 4.78 is 0. The van der Waals surface area contributed by atoms with E-state index in [0.717, 1.165) is 11.1 Å². The zero-order chi connectivity index (χ0) is 13.1. The average Bonchev–Trinajstić information content (AvgIpc) is 2.39. The Balaban J connectivity index is 2.78. The highest BCUT2D eigenvalue weighted by molar-refractivity contribution is 6.60. The van der Waals surface area contributed by atoms with Gasteiger partial charge in [-0.1, -0.05) is 42.5 Å². The Morgan fingerprint density at radius 2 is 1.72 bits per heavy atom. The average molecular weight is 237 g/mol. The molecule has 2 N–H and O–H groups in total. The van der Waals surface area contributed by atoms with Crippen molar-refractivity contribution in [3.8, 4) is 17.2 Å². The lowest BCUT2D eigenvalue weighted by Gasteiger charge is -2.13. The van der Waals surface area contributed by atoms with Gasteiger partial charge in [-0.15, -0.1) is 0 Å². The Kier molecular flexibility index (Phi) is 3.47. The van der Waals surface area contributed by atoms with Gasteiger partial charge in [0.1, 0.15) is 6.07 Å². The molecule has 0 bridgehead atoms. The van der Waals surface area contributed by atoms with Crippen molar-refractivity contribution in [2.75, 3.05) is 0 Å². The zero-order valence-electron chi connectivity index (χ0n) is 9.96. The van der Waals surface area contributed by atoms with Crippen LogP contribution in [-0.4, -0.2) is 17.2 Å². The smallest absolute Gasteiger partial charge is 0.423 e. The molecule has 0 atom stereocenters. The van der Waals surface area contributed by atoms with Gasteiger partial charge in [0.2, 0.25) is 0 Å². The quantitative estimate of drug-likeness (QED) is 0.771. The minimum Gasteiger partial charge on any atom is -0.423 e. The maximum atomic E-state index is 9.42. The molecule has 88 valence electrons. The third-order valence-electron chi connectivity index (χ3n) is 2.90. The summed E-state index contributed by atoms with van der Waals surface area (Å²) in [6, 6.07) is 14.8. The van der Waals surface area contributed by atoms with Gasteiger partial charge in [0.15, 0.2) is 0 Å². The molecule has 2 aromatic rings. The summed E-state index contributed by atoms with van der Waals surface area (Å²) in [7, 11) is -1.59. The van der Waals surface area contributed by atoms with Gasteiger partial charge in [0.05, 0.1) is 5.56 Å². The summed E-state index contributed by atoms with van der Waals surface area (Å²) in [5.74, 6) is 0. The van der Waals surface area contributed by atoms with Crippen LogP contribution in [0.5, 0.6) is 0 Å². The summed E-state index contributed by atoms with van der Waals surface area (Å²) in [6.45, 7) is 1.83. The molecule has 4 heteroatoms. The van der Waals surface area contributed by atoms with Crippen molar-refractivity contribution in [3.63, 3.8) is 0 Å². The summed E-state index contributed by atoms with van der Waals surface area (Å²) in [4.78, 5) is 0. The minimum atomic E-state index is -1.59. The van der Waals surface area contributed by atoms with E-state index in [9.17, 15) is 15.3 Å². The highest BCUT2D eigenvalue weighted by Crippen LogP contribution is 2.24. The number of nitriles is 1. The van der Waals surface area contributed by atoms with Crippen molar-refractivity contribution in [1.29, 1.82) is 5.26 Å². The van der Waals surface area contributed by atoms with Gasteiger partial charge in [-0.3, -0.25) is 0 Å². The first-order chi connectivity index (χ1) is 8.65. The summed E-state index contributed by atoms with van der Waals surface area (Å²) >= 11 is 0. The van der Waals surface area contributed by atoms with Crippen molar-refractivity contribution >= 4 is 12.6 Å². The van der Waals surface area contributed by atoms with Crippen LogP contribution in [0, 0.1) is 18.3 Å². The first-order valence-electron chi connectivity index (χ1n) is 5.60. The fourth-order valence-electron chi connectivity index (χ4n) is 2.00. The van der Waals surface area contributed by atoms with Crippen LogP contribution in [0.25, 0.3) is 11.1 Å². The molecule has 0 heterocycles. The molecule has 0 aliphatic heterocycles. The number of nitrogens with zero attached hydrogens (tertiary/aromatic N) is 1. The Morgan fingerprint density at radius 1 is 1.06 bits per heavy atom. The number of benzene rings is 2. The lowest BCUT2D eigenvalue weighted by molar-refractivity contribution is 0.426. The second kappa shape index (κ2) is 5.05. The van der Waals surface area contributed by atoms with Crippen molar-refractivity contribution in [2.24, 2.45) is 0 Å². The van der Waals surface area contributed by atoms with Crippen LogP contribution in [-0.2, 0) is 0 Å². The van der Waals surface area contributed by atoms with Gasteiger partial charge in [-0.25, -0.2) is 0 Å². The molecule has 0 spiro atoms. The predicted molar refractivity (Wildman–Crippen MR) is 71.2 cm³/mol. The van der Waals surface area contributed by atoms with Gasteiger partial charge in [-0.2, -0.15) is 5.26 Å². The van der Waals surface area contributed by atoms with Crippen LogP contribution in [0.4, 0.5) is 0 Å². The molecular weight excluding hydrogens is 225 g/mol. The van der Waals surface area contributed by atoms with Crippen molar-refractivity contribution in [3.05, 3.63) is 53.6 Å². The van der Waals surface area contributed by atoms with E-state index in [4.69, 9.17) is 0 Å². The third-order valence-corrected chi connectivity index (χ3v) is 2.90. The molecule has 0 aliphatic rings. The fourth-order valence-corrected chi connectivity index (χ4v) is 2.00. The second-order valence-corrected chi connectivity index (χ2v) is 4.07. The molecular formula is C14H12BNO2. The highest BCUT2D eigenvalue weighted by Gasteiger charge is 2.20. The van der Waals surface area contributed by atoms with E-state index in [-0.39, 0.29) is 0 Å². The molecule has 2 rings (SSSR count). The van der Waals surface area contributed by atoms with Crippen LogP contribution in [0.3, 0.4) is 0 Å². The molecule has 3 nitrogen and oxygen atoms in total. The van der Waals surface area contributed by atoms with Gasteiger partial charge >= 0.3 is 7.12 Å². The molecule has 0 aromatic heterocycles. The lowest BCUT2D eigenvalue weighted by atomic mass is 9.73. The van der Waals surface area contributed by atoms with E-state index in [1.54, 1.807) is 12.1 Å². The van der Waals surface area contributed by atoms with Crippen molar-refractivity contribution < 1.29 is 10.0 Å². The van der Waals surface area contributed by atoms with E-state index in [2.05, 4.69) is 6.07 Å². The summed E-state index contributed by atoms with van der Waals surface area (Å²) in [6.07, 6.45) is 0. The zero-order valence-corrected chi connectivity index (χ0v) is 9.96. The van der Waals surface area contributed by atoms with Crippen LogP contribution in [0.15, 0.2) is 42.5 Å². The van der Waals surface area contributed by atoms with Crippen molar-refractivity contribution in [1.82, 2.24) is 0 Å².